The molecule has 0 saturated heterocycles. The molecule has 0 bridgehead atoms. The van der Waals surface area contributed by atoms with Gasteiger partial charge in [0.2, 0.25) is 0 Å². The highest BCUT2D eigenvalue weighted by Gasteiger charge is 2.09. The Hall–Kier alpha value is -2.03. The van der Waals surface area contributed by atoms with Gasteiger partial charge in [0.15, 0.2) is 5.78 Å². The zero-order valence-electron chi connectivity index (χ0n) is 9.05. The fraction of sp³-hybridized carbons (Fsp3) is 0.154. The van der Waals surface area contributed by atoms with E-state index in [4.69, 9.17) is 0 Å². The molecule has 16 heavy (non-hydrogen) atoms. The molecule has 2 aromatic rings. The number of rotatable bonds is 3. The van der Waals surface area contributed by atoms with Crippen molar-refractivity contribution in [3.63, 3.8) is 0 Å². The van der Waals surface area contributed by atoms with Crippen LogP contribution in [0.5, 0.6) is 0 Å². The van der Waals surface area contributed by atoms with Crippen LogP contribution in [0, 0.1) is 6.92 Å². The van der Waals surface area contributed by atoms with Gasteiger partial charge in [0.25, 0.3) is 0 Å². The molecule has 3 nitrogen and oxygen atoms in total. The first-order valence-electron chi connectivity index (χ1n) is 5.11. The summed E-state index contributed by atoms with van der Waals surface area (Å²) in [5.41, 5.74) is 2.46. The topological polar surface area (TPSA) is 42.9 Å². The molecule has 0 amide bonds. The van der Waals surface area contributed by atoms with Gasteiger partial charge in [-0.2, -0.15) is 0 Å². The Morgan fingerprint density at radius 1 is 1.25 bits per heavy atom. The normalized spacial score (nSPS) is 10.1. The molecule has 0 N–H and O–H groups in total. The van der Waals surface area contributed by atoms with E-state index in [2.05, 4.69) is 9.97 Å². The summed E-state index contributed by atoms with van der Waals surface area (Å²) in [6.07, 6.45) is 5.12. The van der Waals surface area contributed by atoms with Crippen molar-refractivity contribution in [1.82, 2.24) is 9.97 Å². The lowest BCUT2D eigenvalue weighted by molar-refractivity contribution is 0.0991. The van der Waals surface area contributed by atoms with Gasteiger partial charge in [0, 0.05) is 24.2 Å². The quantitative estimate of drug-likeness (QED) is 0.732. The van der Waals surface area contributed by atoms with Crippen LogP contribution in [0.4, 0.5) is 0 Å². The molecular formula is C13H12N2O. The average Bonchev–Trinajstić information content (AvgIpc) is 2.31. The summed E-state index contributed by atoms with van der Waals surface area (Å²) in [5.74, 6) is 0.0820. The maximum absolute atomic E-state index is 12.0. The van der Waals surface area contributed by atoms with Crippen molar-refractivity contribution < 1.29 is 4.79 Å². The number of ketones is 1. The van der Waals surface area contributed by atoms with Crippen LogP contribution in [-0.4, -0.2) is 15.8 Å². The minimum Gasteiger partial charge on any atom is -0.294 e. The molecule has 0 radical (unpaired) electrons. The SMILES string of the molecule is Cc1ccccc1C(=O)Cc1cnccn1. The van der Waals surface area contributed by atoms with Crippen LogP contribution >= 0.6 is 0 Å². The Bertz CT molecular complexity index is 494. The van der Waals surface area contributed by atoms with Crippen LogP contribution in [0.3, 0.4) is 0 Å². The van der Waals surface area contributed by atoms with Crippen LogP contribution in [0.1, 0.15) is 21.6 Å². The Balaban J connectivity index is 2.19. The number of benzene rings is 1. The van der Waals surface area contributed by atoms with E-state index in [1.807, 2.05) is 31.2 Å². The summed E-state index contributed by atoms with van der Waals surface area (Å²) in [6.45, 7) is 1.93. The highest BCUT2D eigenvalue weighted by molar-refractivity contribution is 5.98. The first kappa shape index (κ1) is 10.5. The largest absolute Gasteiger partial charge is 0.294 e. The number of Topliss-reactive ketones (excluding diaryl/α,β-unsaturated/α-hetero) is 1. The van der Waals surface area contributed by atoms with E-state index in [9.17, 15) is 4.79 Å². The van der Waals surface area contributed by atoms with Crippen LogP contribution < -0.4 is 0 Å². The van der Waals surface area contributed by atoms with Crippen molar-refractivity contribution in [2.45, 2.75) is 13.3 Å². The van der Waals surface area contributed by atoms with Crippen molar-refractivity contribution in [1.29, 1.82) is 0 Å². The van der Waals surface area contributed by atoms with Crippen molar-refractivity contribution in [2.75, 3.05) is 0 Å². The summed E-state index contributed by atoms with van der Waals surface area (Å²) < 4.78 is 0. The predicted molar refractivity (Wildman–Crippen MR) is 61.2 cm³/mol. The zero-order chi connectivity index (χ0) is 11.4. The maximum Gasteiger partial charge on any atom is 0.169 e. The van der Waals surface area contributed by atoms with Crippen LogP contribution in [-0.2, 0) is 6.42 Å². The Labute approximate surface area is 94.2 Å². The van der Waals surface area contributed by atoms with E-state index in [-0.39, 0.29) is 5.78 Å². The number of hydrogen-bond acceptors (Lipinski definition) is 3. The monoisotopic (exact) mass is 212 g/mol. The van der Waals surface area contributed by atoms with Crippen LogP contribution in [0.2, 0.25) is 0 Å². The molecule has 0 saturated carbocycles. The van der Waals surface area contributed by atoms with Gasteiger partial charge in [-0.3, -0.25) is 14.8 Å². The van der Waals surface area contributed by atoms with E-state index in [1.165, 1.54) is 0 Å². The van der Waals surface area contributed by atoms with Gasteiger partial charge in [-0.15, -0.1) is 0 Å². The van der Waals surface area contributed by atoms with Gasteiger partial charge in [-0.25, -0.2) is 0 Å². The minimum absolute atomic E-state index is 0.0820. The Morgan fingerprint density at radius 3 is 2.75 bits per heavy atom. The first-order valence-corrected chi connectivity index (χ1v) is 5.11. The number of aromatic nitrogens is 2. The fourth-order valence-electron chi connectivity index (χ4n) is 1.57. The molecule has 80 valence electrons. The molecule has 2 rings (SSSR count). The molecule has 0 aliphatic rings. The molecule has 0 fully saturated rings. The summed E-state index contributed by atoms with van der Waals surface area (Å²) in [6, 6.07) is 7.57. The van der Waals surface area contributed by atoms with E-state index >= 15 is 0 Å². The first-order chi connectivity index (χ1) is 7.77. The Morgan fingerprint density at radius 2 is 2.06 bits per heavy atom. The van der Waals surface area contributed by atoms with Crippen LogP contribution in [0.25, 0.3) is 0 Å². The zero-order valence-corrected chi connectivity index (χ0v) is 9.05. The predicted octanol–water partition coefficient (Wildman–Crippen LogP) is 2.21. The number of hydrogen-bond donors (Lipinski definition) is 0. The maximum atomic E-state index is 12.0. The lowest BCUT2D eigenvalue weighted by Crippen LogP contribution is -2.06. The van der Waals surface area contributed by atoms with Crippen LogP contribution in [0.15, 0.2) is 42.9 Å². The fourth-order valence-corrected chi connectivity index (χ4v) is 1.57. The van der Waals surface area contributed by atoms with Crippen molar-refractivity contribution in [2.24, 2.45) is 0 Å². The molecule has 1 heterocycles. The second-order valence-corrected chi connectivity index (χ2v) is 3.61. The van der Waals surface area contributed by atoms with Crippen molar-refractivity contribution in [3.8, 4) is 0 Å². The van der Waals surface area contributed by atoms with E-state index in [0.29, 0.717) is 12.1 Å². The average molecular weight is 212 g/mol. The smallest absolute Gasteiger partial charge is 0.169 e. The summed E-state index contributed by atoms with van der Waals surface area (Å²) in [5, 5.41) is 0. The van der Waals surface area contributed by atoms with E-state index in [1.54, 1.807) is 18.6 Å². The molecule has 0 atom stereocenters. The minimum atomic E-state index is 0.0820. The molecule has 1 aromatic heterocycles. The third kappa shape index (κ3) is 2.31. The summed E-state index contributed by atoms with van der Waals surface area (Å²) in [4.78, 5) is 20.0. The molecule has 0 aliphatic heterocycles. The number of nitrogens with zero attached hydrogens (tertiary/aromatic N) is 2. The van der Waals surface area contributed by atoms with Gasteiger partial charge in [0.1, 0.15) is 0 Å². The van der Waals surface area contributed by atoms with Gasteiger partial charge < -0.3 is 0 Å². The van der Waals surface area contributed by atoms with Gasteiger partial charge in [0.05, 0.1) is 12.1 Å². The molecule has 3 heteroatoms. The molecule has 0 unspecified atom stereocenters. The van der Waals surface area contributed by atoms with Gasteiger partial charge >= 0.3 is 0 Å². The second-order valence-electron chi connectivity index (χ2n) is 3.61. The molecule has 0 aliphatic carbocycles. The standard InChI is InChI=1S/C13H12N2O/c1-10-4-2-3-5-12(10)13(16)8-11-9-14-6-7-15-11/h2-7,9H,8H2,1H3. The van der Waals surface area contributed by atoms with E-state index < -0.39 is 0 Å². The third-order valence-corrected chi connectivity index (χ3v) is 2.40. The second kappa shape index (κ2) is 4.66. The number of carbonyl (C=O) groups excluding carboxylic acids is 1. The lowest BCUT2D eigenvalue weighted by atomic mass is 10.0. The summed E-state index contributed by atoms with van der Waals surface area (Å²) in [7, 11) is 0. The third-order valence-electron chi connectivity index (χ3n) is 2.40. The van der Waals surface area contributed by atoms with Crippen molar-refractivity contribution >= 4 is 5.78 Å². The van der Waals surface area contributed by atoms with Crippen molar-refractivity contribution in [3.05, 3.63) is 59.7 Å². The van der Waals surface area contributed by atoms with Gasteiger partial charge in [-0.05, 0) is 12.5 Å². The highest BCUT2D eigenvalue weighted by Crippen LogP contribution is 2.10. The Kier molecular flexibility index (Phi) is 3.05. The van der Waals surface area contributed by atoms with Gasteiger partial charge in [-0.1, -0.05) is 24.3 Å². The highest BCUT2D eigenvalue weighted by atomic mass is 16.1. The molecule has 1 aromatic carbocycles. The molecular weight excluding hydrogens is 200 g/mol. The number of carbonyl (C=O) groups is 1. The lowest BCUT2D eigenvalue weighted by Gasteiger charge is -2.03. The molecule has 0 spiro atoms. The number of aryl methyl sites for hydroxylation is 1. The van der Waals surface area contributed by atoms with E-state index in [0.717, 1.165) is 11.1 Å². The summed E-state index contributed by atoms with van der Waals surface area (Å²) >= 11 is 0.